The van der Waals surface area contributed by atoms with E-state index in [1.54, 1.807) is 12.1 Å². The first-order valence-corrected chi connectivity index (χ1v) is 4.27. The predicted octanol–water partition coefficient (Wildman–Crippen LogP) is 0.556. The van der Waals surface area contributed by atoms with Crippen LogP contribution in [0, 0.1) is 0 Å². The Kier molecular flexibility index (Phi) is 3.69. The number of hydrogen-bond acceptors (Lipinski definition) is 2. The SMILES string of the molecule is NC(=S)NNC(=O)Nc1ccccc1. The Morgan fingerprint density at radius 3 is 2.43 bits per heavy atom. The zero-order valence-corrected chi connectivity index (χ0v) is 8.10. The van der Waals surface area contributed by atoms with E-state index < -0.39 is 6.03 Å². The van der Waals surface area contributed by atoms with E-state index in [-0.39, 0.29) is 5.11 Å². The van der Waals surface area contributed by atoms with Crippen LogP contribution in [0.2, 0.25) is 0 Å². The molecule has 1 aromatic carbocycles. The van der Waals surface area contributed by atoms with Gasteiger partial charge >= 0.3 is 6.03 Å². The second-order valence-electron chi connectivity index (χ2n) is 2.43. The number of carbonyl (C=O) groups is 1. The minimum absolute atomic E-state index is 0.00760. The van der Waals surface area contributed by atoms with E-state index in [4.69, 9.17) is 5.73 Å². The van der Waals surface area contributed by atoms with E-state index in [1.165, 1.54) is 0 Å². The Balaban J connectivity index is 2.38. The molecule has 14 heavy (non-hydrogen) atoms. The van der Waals surface area contributed by atoms with E-state index in [1.807, 2.05) is 18.2 Å². The van der Waals surface area contributed by atoms with Crippen molar-refractivity contribution in [1.82, 2.24) is 10.9 Å². The molecule has 5 N–H and O–H groups in total. The number of benzene rings is 1. The summed E-state index contributed by atoms with van der Waals surface area (Å²) in [7, 11) is 0. The van der Waals surface area contributed by atoms with Crippen LogP contribution < -0.4 is 21.9 Å². The highest BCUT2D eigenvalue weighted by molar-refractivity contribution is 7.80. The molecule has 0 aliphatic heterocycles. The lowest BCUT2D eigenvalue weighted by Crippen LogP contribution is -2.46. The molecule has 0 bridgehead atoms. The Bertz CT molecular complexity index is 327. The second-order valence-corrected chi connectivity index (χ2v) is 2.87. The third-order valence-corrected chi connectivity index (χ3v) is 1.43. The number of thiocarbonyl (C=S) groups is 1. The molecule has 0 radical (unpaired) electrons. The molecule has 1 aromatic rings. The van der Waals surface area contributed by atoms with Gasteiger partial charge in [-0.2, -0.15) is 0 Å². The van der Waals surface area contributed by atoms with Gasteiger partial charge in [0.1, 0.15) is 0 Å². The van der Waals surface area contributed by atoms with Gasteiger partial charge in [-0.3, -0.25) is 5.43 Å². The molecule has 0 saturated carbocycles. The molecule has 0 atom stereocenters. The number of nitrogens with two attached hydrogens (primary N) is 1. The minimum Gasteiger partial charge on any atom is -0.375 e. The van der Waals surface area contributed by atoms with E-state index in [0.29, 0.717) is 5.69 Å². The summed E-state index contributed by atoms with van der Waals surface area (Å²) in [6.07, 6.45) is 0. The van der Waals surface area contributed by atoms with Crippen molar-refractivity contribution in [2.75, 3.05) is 5.32 Å². The molecule has 0 aromatic heterocycles. The Morgan fingerprint density at radius 2 is 1.86 bits per heavy atom. The van der Waals surface area contributed by atoms with Crippen LogP contribution in [0.15, 0.2) is 30.3 Å². The second kappa shape index (κ2) is 5.03. The van der Waals surface area contributed by atoms with Crippen LogP contribution in [-0.4, -0.2) is 11.1 Å². The van der Waals surface area contributed by atoms with Crippen molar-refractivity contribution in [3.8, 4) is 0 Å². The summed E-state index contributed by atoms with van der Waals surface area (Å²) < 4.78 is 0. The molecule has 2 amide bonds. The highest BCUT2D eigenvalue weighted by Gasteiger charge is 1.98. The van der Waals surface area contributed by atoms with E-state index >= 15 is 0 Å². The molecule has 0 fully saturated rings. The molecule has 1 rings (SSSR count). The summed E-state index contributed by atoms with van der Waals surface area (Å²) in [6.45, 7) is 0. The highest BCUT2D eigenvalue weighted by atomic mass is 32.1. The van der Waals surface area contributed by atoms with Crippen molar-refractivity contribution in [2.45, 2.75) is 0 Å². The van der Waals surface area contributed by atoms with Crippen molar-refractivity contribution in [2.24, 2.45) is 5.73 Å². The maximum atomic E-state index is 11.1. The summed E-state index contributed by atoms with van der Waals surface area (Å²) in [5.74, 6) is 0. The number of urea groups is 1. The van der Waals surface area contributed by atoms with Gasteiger partial charge < -0.3 is 11.1 Å². The van der Waals surface area contributed by atoms with Gasteiger partial charge in [0.2, 0.25) is 0 Å². The number of hydrogen-bond donors (Lipinski definition) is 4. The first kappa shape index (κ1) is 10.3. The Morgan fingerprint density at radius 1 is 1.21 bits per heavy atom. The highest BCUT2D eigenvalue weighted by Crippen LogP contribution is 2.03. The van der Waals surface area contributed by atoms with Gasteiger partial charge in [0.15, 0.2) is 5.11 Å². The smallest absolute Gasteiger partial charge is 0.337 e. The van der Waals surface area contributed by atoms with Crippen molar-refractivity contribution in [1.29, 1.82) is 0 Å². The normalized spacial score (nSPS) is 8.86. The van der Waals surface area contributed by atoms with E-state index in [0.717, 1.165) is 0 Å². The van der Waals surface area contributed by atoms with Crippen LogP contribution in [0.25, 0.3) is 0 Å². The fourth-order valence-corrected chi connectivity index (χ4v) is 0.853. The van der Waals surface area contributed by atoms with Gasteiger partial charge in [-0.25, -0.2) is 10.2 Å². The van der Waals surface area contributed by atoms with Crippen molar-refractivity contribution in [3.63, 3.8) is 0 Å². The monoisotopic (exact) mass is 210 g/mol. The van der Waals surface area contributed by atoms with Crippen molar-refractivity contribution < 1.29 is 4.79 Å². The number of nitrogens with one attached hydrogen (secondary N) is 3. The van der Waals surface area contributed by atoms with Crippen LogP contribution in [0.1, 0.15) is 0 Å². The number of anilines is 1. The molecular formula is C8H10N4OS. The molecule has 0 saturated heterocycles. The molecular weight excluding hydrogens is 200 g/mol. The molecule has 5 nitrogen and oxygen atoms in total. The van der Waals surface area contributed by atoms with E-state index in [9.17, 15) is 4.79 Å². The maximum Gasteiger partial charge on any atom is 0.337 e. The van der Waals surface area contributed by atoms with Crippen LogP contribution in [0.5, 0.6) is 0 Å². The summed E-state index contributed by atoms with van der Waals surface area (Å²) >= 11 is 4.50. The largest absolute Gasteiger partial charge is 0.375 e. The van der Waals surface area contributed by atoms with Crippen LogP contribution in [0.3, 0.4) is 0 Å². The van der Waals surface area contributed by atoms with Gasteiger partial charge in [-0.1, -0.05) is 18.2 Å². The van der Waals surface area contributed by atoms with Gasteiger partial charge in [0.05, 0.1) is 0 Å². The molecule has 74 valence electrons. The van der Waals surface area contributed by atoms with Crippen LogP contribution in [0.4, 0.5) is 10.5 Å². The lowest BCUT2D eigenvalue weighted by Gasteiger charge is -2.07. The fraction of sp³-hybridized carbons (Fsp3) is 0. The van der Waals surface area contributed by atoms with E-state index in [2.05, 4.69) is 28.4 Å². The quantitative estimate of drug-likeness (QED) is 0.403. The number of carbonyl (C=O) groups excluding carboxylic acids is 1. The van der Waals surface area contributed by atoms with Crippen LogP contribution >= 0.6 is 12.2 Å². The zero-order valence-electron chi connectivity index (χ0n) is 7.28. The first-order chi connectivity index (χ1) is 6.68. The summed E-state index contributed by atoms with van der Waals surface area (Å²) in [4.78, 5) is 11.1. The van der Waals surface area contributed by atoms with Gasteiger partial charge in [-0.15, -0.1) is 0 Å². The van der Waals surface area contributed by atoms with Crippen LogP contribution in [-0.2, 0) is 0 Å². The first-order valence-electron chi connectivity index (χ1n) is 3.86. The number of amides is 2. The van der Waals surface area contributed by atoms with Gasteiger partial charge in [0, 0.05) is 5.69 Å². The topological polar surface area (TPSA) is 79.2 Å². The molecule has 6 heteroatoms. The number of rotatable bonds is 1. The predicted molar refractivity (Wildman–Crippen MR) is 58.5 cm³/mol. The molecule has 0 heterocycles. The standard InChI is InChI=1S/C8H10N4OS/c9-7(14)11-12-8(13)10-6-4-2-1-3-5-6/h1-5H,(H3,9,11,14)(H2,10,12,13). The summed E-state index contributed by atoms with van der Waals surface area (Å²) in [6, 6.07) is 8.59. The zero-order chi connectivity index (χ0) is 10.4. The maximum absolute atomic E-state index is 11.1. The summed E-state index contributed by atoms with van der Waals surface area (Å²) in [5, 5.41) is 2.58. The third-order valence-electron chi connectivity index (χ3n) is 1.33. The van der Waals surface area contributed by atoms with Gasteiger partial charge in [-0.05, 0) is 24.4 Å². The third kappa shape index (κ3) is 3.72. The van der Waals surface area contributed by atoms with Gasteiger partial charge in [0.25, 0.3) is 0 Å². The average Bonchev–Trinajstić information content (AvgIpc) is 2.16. The molecule has 0 spiro atoms. The lowest BCUT2D eigenvalue weighted by molar-refractivity contribution is 0.250. The Hall–Kier alpha value is -1.82. The number of hydrazine groups is 1. The minimum atomic E-state index is -0.427. The van der Waals surface area contributed by atoms with Crippen molar-refractivity contribution >= 4 is 29.0 Å². The average molecular weight is 210 g/mol. The summed E-state index contributed by atoms with van der Waals surface area (Å²) in [5.41, 5.74) is 10.4. The fourth-order valence-electron chi connectivity index (χ4n) is 0.802. The Labute approximate surface area is 86.6 Å². The molecule has 0 aliphatic carbocycles. The van der Waals surface area contributed by atoms with Crippen molar-refractivity contribution in [3.05, 3.63) is 30.3 Å². The lowest BCUT2D eigenvalue weighted by atomic mass is 10.3. The molecule has 0 aliphatic rings. The number of para-hydroxylation sites is 1. The molecule has 0 unspecified atom stereocenters.